The Morgan fingerprint density at radius 1 is 0.941 bits per heavy atom. The Hall–Kier alpha value is -1.34. The number of carbonyl (C=O) groups is 2. The summed E-state index contributed by atoms with van der Waals surface area (Å²) < 4.78 is 72.8. The number of ketones is 2. The highest BCUT2D eigenvalue weighted by molar-refractivity contribution is 6.03. The molecule has 17 heavy (non-hydrogen) atoms. The van der Waals surface area contributed by atoms with Crippen LogP contribution in [0.1, 0.15) is 13.8 Å². The van der Waals surface area contributed by atoms with Crippen molar-refractivity contribution in [2.75, 3.05) is 0 Å². The number of halogens is 6. The minimum Gasteiger partial charge on any atom is -0.299 e. The molecule has 0 unspecified atom stereocenters. The van der Waals surface area contributed by atoms with E-state index in [9.17, 15) is 35.9 Å². The van der Waals surface area contributed by atoms with Gasteiger partial charge in [-0.05, 0) is 13.8 Å². The lowest BCUT2D eigenvalue weighted by Crippen LogP contribution is -2.31. The molecule has 0 aromatic heterocycles. The van der Waals surface area contributed by atoms with Gasteiger partial charge in [-0.25, -0.2) is 0 Å². The van der Waals surface area contributed by atoms with Gasteiger partial charge < -0.3 is 0 Å². The van der Waals surface area contributed by atoms with E-state index in [0.717, 1.165) is 0 Å². The second kappa shape index (κ2) is 4.89. The van der Waals surface area contributed by atoms with Crippen LogP contribution in [0.2, 0.25) is 0 Å². The van der Waals surface area contributed by atoms with Gasteiger partial charge >= 0.3 is 12.4 Å². The SMILES string of the molecule is CC(=O)C(C(C)=O)C(=CC(F)(F)F)C(F)(F)F. The van der Waals surface area contributed by atoms with Crippen molar-refractivity contribution in [2.45, 2.75) is 26.2 Å². The first-order valence-corrected chi connectivity index (χ1v) is 4.24. The molecule has 0 amide bonds. The van der Waals surface area contributed by atoms with Gasteiger partial charge in [-0.1, -0.05) is 0 Å². The van der Waals surface area contributed by atoms with Gasteiger partial charge in [-0.3, -0.25) is 9.59 Å². The molecule has 0 spiro atoms. The van der Waals surface area contributed by atoms with Crippen LogP contribution >= 0.6 is 0 Å². The van der Waals surface area contributed by atoms with E-state index in [1.165, 1.54) is 0 Å². The molecular weight excluding hydrogens is 254 g/mol. The molecule has 0 atom stereocenters. The van der Waals surface area contributed by atoms with E-state index >= 15 is 0 Å². The van der Waals surface area contributed by atoms with Gasteiger partial charge in [-0.2, -0.15) is 26.3 Å². The molecule has 0 aromatic rings. The number of hydrogen-bond donors (Lipinski definition) is 0. The predicted octanol–water partition coefficient (Wildman–Crippen LogP) is 2.83. The fourth-order valence-corrected chi connectivity index (χ4v) is 1.23. The van der Waals surface area contributed by atoms with Crippen molar-refractivity contribution in [2.24, 2.45) is 5.92 Å². The van der Waals surface area contributed by atoms with Crippen LogP contribution in [-0.2, 0) is 9.59 Å². The molecule has 0 saturated heterocycles. The maximum Gasteiger partial charge on any atom is 0.413 e. The fraction of sp³-hybridized carbons (Fsp3) is 0.556. The molecule has 2 nitrogen and oxygen atoms in total. The number of carbonyl (C=O) groups excluding carboxylic acids is 2. The molecule has 0 saturated carbocycles. The molecule has 8 heteroatoms. The Labute approximate surface area is 92.3 Å². The zero-order valence-corrected chi connectivity index (χ0v) is 8.74. The van der Waals surface area contributed by atoms with E-state index in [2.05, 4.69) is 0 Å². The van der Waals surface area contributed by atoms with Gasteiger partial charge in [0.2, 0.25) is 0 Å². The molecule has 0 radical (unpaired) electrons. The summed E-state index contributed by atoms with van der Waals surface area (Å²) in [6, 6.07) is 0. The van der Waals surface area contributed by atoms with Crippen molar-refractivity contribution in [1.82, 2.24) is 0 Å². The van der Waals surface area contributed by atoms with E-state index in [-0.39, 0.29) is 0 Å². The number of Topliss-reactive ketones (excluding diaryl/α,β-unsaturated/α-hetero) is 2. The summed E-state index contributed by atoms with van der Waals surface area (Å²) in [5.41, 5.74) is -2.19. The van der Waals surface area contributed by atoms with Crippen molar-refractivity contribution < 1.29 is 35.9 Å². The summed E-state index contributed by atoms with van der Waals surface area (Å²) in [6.45, 7) is 1.25. The van der Waals surface area contributed by atoms with E-state index in [1.807, 2.05) is 0 Å². The van der Waals surface area contributed by atoms with Gasteiger partial charge in [-0.15, -0.1) is 0 Å². The minimum absolute atomic E-state index is 0.627. The maximum absolute atomic E-state index is 12.3. The molecule has 0 heterocycles. The lowest BCUT2D eigenvalue weighted by molar-refractivity contribution is -0.138. The topological polar surface area (TPSA) is 34.1 Å². The van der Waals surface area contributed by atoms with Crippen LogP contribution in [0.15, 0.2) is 11.6 Å². The Balaban J connectivity index is 5.71. The number of rotatable bonds is 3. The van der Waals surface area contributed by atoms with Gasteiger partial charge in [0.05, 0.1) is 5.57 Å². The van der Waals surface area contributed by atoms with Crippen LogP contribution in [0.5, 0.6) is 0 Å². The van der Waals surface area contributed by atoms with Crippen LogP contribution in [0.4, 0.5) is 26.3 Å². The first kappa shape index (κ1) is 15.7. The molecular formula is C9H8F6O2. The summed E-state index contributed by atoms with van der Waals surface area (Å²) in [5.74, 6) is -5.01. The summed E-state index contributed by atoms with van der Waals surface area (Å²) in [6.07, 6.45) is -11.7. The van der Waals surface area contributed by atoms with Gasteiger partial charge in [0.1, 0.15) is 17.5 Å². The Morgan fingerprint density at radius 2 is 1.29 bits per heavy atom. The molecule has 0 bridgehead atoms. The van der Waals surface area contributed by atoms with Crippen LogP contribution in [0, 0.1) is 5.92 Å². The molecule has 0 fully saturated rings. The van der Waals surface area contributed by atoms with Gasteiger partial charge in [0.25, 0.3) is 0 Å². The van der Waals surface area contributed by atoms with Gasteiger partial charge in [0, 0.05) is 6.08 Å². The van der Waals surface area contributed by atoms with E-state index in [1.54, 1.807) is 0 Å². The highest BCUT2D eigenvalue weighted by atomic mass is 19.4. The monoisotopic (exact) mass is 262 g/mol. The summed E-state index contributed by atoms with van der Waals surface area (Å²) in [4.78, 5) is 21.7. The molecule has 0 aliphatic heterocycles. The van der Waals surface area contributed by atoms with Crippen molar-refractivity contribution in [3.05, 3.63) is 11.6 Å². The minimum atomic E-state index is -5.39. The average molecular weight is 262 g/mol. The number of hydrogen-bond acceptors (Lipinski definition) is 2. The largest absolute Gasteiger partial charge is 0.413 e. The Kier molecular flexibility index (Phi) is 4.50. The van der Waals surface area contributed by atoms with Crippen molar-refractivity contribution in [1.29, 1.82) is 0 Å². The smallest absolute Gasteiger partial charge is 0.299 e. The maximum atomic E-state index is 12.3. The zero-order valence-electron chi connectivity index (χ0n) is 8.74. The van der Waals surface area contributed by atoms with Crippen LogP contribution in [0.3, 0.4) is 0 Å². The van der Waals surface area contributed by atoms with Crippen molar-refractivity contribution in [3.63, 3.8) is 0 Å². The lowest BCUT2D eigenvalue weighted by Gasteiger charge is -2.18. The number of allylic oxidation sites excluding steroid dienone is 2. The molecule has 0 aliphatic carbocycles. The molecule has 98 valence electrons. The highest BCUT2D eigenvalue weighted by Crippen LogP contribution is 2.35. The summed E-state index contributed by atoms with van der Waals surface area (Å²) in [5, 5.41) is 0. The van der Waals surface area contributed by atoms with E-state index < -0.39 is 41.5 Å². The second-order valence-electron chi connectivity index (χ2n) is 3.29. The molecule has 0 N–H and O–H groups in total. The first-order chi connectivity index (χ1) is 7.36. The lowest BCUT2D eigenvalue weighted by atomic mass is 9.90. The third-order valence-electron chi connectivity index (χ3n) is 1.77. The second-order valence-corrected chi connectivity index (χ2v) is 3.29. The Bertz CT molecular complexity index is 335. The van der Waals surface area contributed by atoms with E-state index in [4.69, 9.17) is 0 Å². The third-order valence-corrected chi connectivity index (χ3v) is 1.77. The average Bonchev–Trinajstić information content (AvgIpc) is 1.96. The van der Waals surface area contributed by atoms with Crippen molar-refractivity contribution >= 4 is 11.6 Å². The van der Waals surface area contributed by atoms with Crippen LogP contribution in [0.25, 0.3) is 0 Å². The fourth-order valence-electron chi connectivity index (χ4n) is 1.23. The third kappa shape index (κ3) is 5.01. The first-order valence-electron chi connectivity index (χ1n) is 4.24. The highest BCUT2D eigenvalue weighted by Gasteiger charge is 2.45. The van der Waals surface area contributed by atoms with Crippen LogP contribution < -0.4 is 0 Å². The standard InChI is InChI=1S/C9H8F6O2/c1-4(16)7(5(2)17)6(9(13,14)15)3-8(10,11)12/h3,7H,1-2H3. The van der Waals surface area contributed by atoms with E-state index in [0.29, 0.717) is 13.8 Å². The summed E-state index contributed by atoms with van der Waals surface area (Å²) in [7, 11) is 0. The summed E-state index contributed by atoms with van der Waals surface area (Å²) >= 11 is 0. The van der Waals surface area contributed by atoms with Crippen LogP contribution in [-0.4, -0.2) is 23.9 Å². The predicted molar refractivity (Wildman–Crippen MR) is 45.0 cm³/mol. The molecule has 0 aliphatic rings. The molecule has 0 aromatic carbocycles. The molecule has 0 rings (SSSR count). The normalized spacial score (nSPS) is 14.1. The van der Waals surface area contributed by atoms with Gasteiger partial charge in [0.15, 0.2) is 0 Å². The van der Waals surface area contributed by atoms with Crippen molar-refractivity contribution in [3.8, 4) is 0 Å². The quantitative estimate of drug-likeness (QED) is 0.445. The zero-order chi connectivity index (χ0) is 14.0. The Morgan fingerprint density at radius 3 is 1.47 bits per heavy atom. The number of alkyl halides is 6.